The third-order valence-corrected chi connectivity index (χ3v) is 6.00. The van der Waals surface area contributed by atoms with E-state index in [1.807, 2.05) is 0 Å². The monoisotopic (exact) mass is 503 g/mol. The quantitative estimate of drug-likeness (QED) is 0.484. The van der Waals surface area contributed by atoms with Crippen LogP contribution in [-0.2, 0) is 34.1 Å². The minimum Gasteiger partial charge on any atom is -0.477 e. The summed E-state index contributed by atoms with van der Waals surface area (Å²) in [5, 5.41) is 2.62. The van der Waals surface area contributed by atoms with Crippen LogP contribution in [0.15, 0.2) is 30.3 Å². The maximum atomic E-state index is 14.4. The molecule has 2 N–H and O–H groups in total. The number of aromatic nitrogens is 1. The van der Waals surface area contributed by atoms with Crippen LogP contribution in [0.2, 0.25) is 0 Å². The number of rotatable bonds is 10. The molecule has 1 aromatic heterocycles. The fourth-order valence-corrected chi connectivity index (χ4v) is 3.46. The minimum absolute atomic E-state index is 0.118. The summed E-state index contributed by atoms with van der Waals surface area (Å²) in [5.41, 5.74) is -0.311. The fraction of sp³-hybridized carbons (Fsp3) is 0.455. The molecule has 1 unspecified atom stereocenters. The molecule has 1 atom stereocenters. The Kier molecular flexibility index (Phi) is 7.81. The number of halogens is 4. The summed E-state index contributed by atoms with van der Waals surface area (Å²) >= 11 is 0. The number of ether oxygens (including phenoxy) is 1. The maximum absolute atomic E-state index is 14.4. The van der Waals surface area contributed by atoms with Crippen molar-refractivity contribution in [3.63, 3.8) is 0 Å². The van der Waals surface area contributed by atoms with Gasteiger partial charge in [-0.25, -0.2) is 22.5 Å². The van der Waals surface area contributed by atoms with Crippen molar-refractivity contribution in [3.05, 3.63) is 58.5 Å². The topological polar surface area (TPSA) is 97.4 Å². The summed E-state index contributed by atoms with van der Waals surface area (Å²) in [4.78, 5) is 16.2. The van der Waals surface area contributed by atoms with E-state index in [0.717, 1.165) is 31.2 Å². The van der Waals surface area contributed by atoms with Crippen LogP contribution in [-0.4, -0.2) is 32.2 Å². The van der Waals surface area contributed by atoms with Crippen LogP contribution in [0.5, 0.6) is 5.88 Å². The number of carbonyl (C=O) groups excluding carboxylic acids is 1. The highest BCUT2D eigenvalue weighted by atomic mass is 32.2. The van der Waals surface area contributed by atoms with Gasteiger partial charge in [-0.15, -0.1) is 0 Å². The molecule has 1 aliphatic carbocycles. The second kappa shape index (κ2) is 10.3. The maximum Gasteiger partial charge on any atom is 0.433 e. The molecule has 1 saturated carbocycles. The van der Waals surface area contributed by atoms with Gasteiger partial charge in [0.05, 0.1) is 18.8 Å². The molecule has 1 amide bonds. The van der Waals surface area contributed by atoms with E-state index in [2.05, 4.69) is 15.0 Å². The molecule has 1 aromatic carbocycles. The summed E-state index contributed by atoms with van der Waals surface area (Å²) in [6.07, 6.45) is -1.77. The average molecular weight is 504 g/mol. The van der Waals surface area contributed by atoms with E-state index in [0.29, 0.717) is 17.0 Å². The van der Waals surface area contributed by atoms with Crippen molar-refractivity contribution < 1.29 is 35.5 Å². The van der Waals surface area contributed by atoms with Crippen LogP contribution < -0.4 is 14.8 Å². The summed E-state index contributed by atoms with van der Waals surface area (Å²) in [6.45, 7) is 1.46. The highest BCUT2D eigenvalue weighted by Crippen LogP contribution is 2.33. The van der Waals surface area contributed by atoms with Gasteiger partial charge in [0.2, 0.25) is 21.8 Å². The van der Waals surface area contributed by atoms with E-state index in [1.165, 1.54) is 18.2 Å². The normalized spacial score (nSPS) is 15.1. The van der Waals surface area contributed by atoms with E-state index >= 15 is 0 Å². The van der Waals surface area contributed by atoms with Gasteiger partial charge in [-0.3, -0.25) is 4.79 Å². The number of hydrogen-bond donors (Lipinski definition) is 2. The lowest BCUT2D eigenvalue weighted by molar-refractivity contribution is -0.141. The van der Waals surface area contributed by atoms with Gasteiger partial charge in [-0.05, 0) is 49.4 Å². The smallest absolute Gasteiger partial charge is 0.433 e. The fourth-order valence-electron chi connectivity index (χ4n) is 3.04. The molecule has 0 aliphatic heterocycles. The first-order valence-corrected chi connectivity index (χ1v) is 12.4. The second-order valence-electron chi connectivity index (χ2n) is 8.30. The standard InChI is InChI=1S/C22H25F4N3O4S/c1-13(15-5-6-16(18(23)9-15)11-28-34(2,31)32)20(30)27-10-17-7-8-19(22(24,25)26)29-21(17)33-12-14-3-4-14/h5-9,13-14,28H,3-4,10-12H2,1-2H3,(H,27,30). The number of carbonyl (C=O) groups is 1. The predicted molar refractivity (Wildman–Crippen MR) is 116 cm³/mol. The highest BCUT2D eigenvalue weighted by Gasteiger charge is 2.33. The first-order chi connectivity index (χ1) is 15.8. The molecule has 186 valence electrons. The van der Waals surface area contributed by atoms with Crippen LogP contribution >= 0.6 is 0 Å². The Morgan fingerprint density at radius 1 is 1.18 bits per heavy atom. The molecule has 1 heterocycles. The lowest BCUT2D eigenvalue weighted by atomic mass is 9.98. The van der Waals surface area contributed by atoms with Gasteiger partial charge < -0.3 is 10.1 Å². The van der Waals surface area contributed by atoms with Crippen molar-refractivity contribution in [1.29, 1.82) is 0 Å². The van der Waals surface area contributed by atoms with Crippen LogP contribution in [0.4, 0.5) is 17.6 Å². The van der Waals surface area contributed by atoms with Crippen LogP contribution in [0.1, 0.15) is 48.1 Å². The number of nitrogens with zero attached hydrogens (tertiary/aromatic N) is 1. The molecule has 2 aromatic rings. The van der Waals surface area contributed by atoms with E-state index < -0.39 is 39.5 Å². The molecule has 7 nitrogen and oxygen atoms in total. The number of hydrogen-bond acceptors (Lipinski definition) is 5. The number of amides is 1. The van der Waals surface area contributed by atoms with Gasteiger partial charge in [-0.2, -0.15) is 13.2 Å². The van der Waals surface area contributed by atoms with Crippen LogP contribution in [0, 0.1) is 11.7 Å². The summed E-state index contributed by atoms with van der Waals surface area (Å²) in [5.74, 6) is -1.80. The zero-order valence-electron chi connectivity index (χ0n) is 18.6. The number of nitrogens with one attached hydrogen (secondary N) is 2. The van der Waals surface area contributed by atoms with Crippen molar-refractivity contribution in [1.82, 2.24) is 15.0 Å². The van der Waals surface area contributed by atoms with Crippen molar-refractivity contribution in [2.24, 2.45) is 5.92 Å². The molecular weight excluding hydrogens is 478 g/mol. The summed E-state index contributed by atoms with van der Waals surface area (Å²) in [7, 11) is -3.49. The Morgan fingerprint density at radius 3 is 2.44 bits per heavy atom. The zero-order valence-corrected chi connectivity index (χ0v) is 19.4. The molecule has 0 bridgehead atoms. The van der Waals surface area contributed by atoms with Gasteiger partial charge in [-0.1, -0.05) is 12.1 Å². The third-order valence-electron chi connectivity index (χ3n) is 5.33. The molecule has 3 rings (SSSR count). The largest absolute Gasteiger partial charge is 0.477 e. The minimum atomic E-state index is -4.62. The third kappa shape index (κ3) is 7.39. The first kappa shape index (κ1) is 25.9. The van der Waals surface area contributed by atoms with E-state index in [1.54, 1.807) is 6.92 Å². The molecule has 0 radical (unpaired) electrons. The van der Waals surface area contributed by atoms with Gasteiger partial charge in [0.25, 0.3) is 0 Å². The van der Waals surface area contributed by atoms with Crippen LogP contribution in [0.3, 0.4) is 0 Å². The molecule has 0 spiro atoms. The number of benzene rings is 1. The van der Waals surface area contributed by atoms with Gasteiger partial charge in [0, 0.05) is 24.2 Å². The van der Waals surface area contributed by atoms with E-state index in [-0.39, 0.29) is 31.1 Å². The summed E-state index contributed by atoms with van der Waals surface area (Å²) < 4.78 is 83.5. The summed E-state index contributed by atoms with van der Waals surface area (Å²) in [6, 6.07) is 6.08. The van der Waals surface area contributed by atoms with Gasteiger partial charge >= 0.3 is 6.18 Å². The Labute approximate surface area is 195 Å². The van der Waals surface area contributed by atoms with Crippen LogP contribution in [0.25, 0.3) is 0 Å². The molecule has 1 aliphatic rings. The van der Waals surface area contributed by atoms with Crippen molar-refractivity contribution in [2.45, 2.75) is 44.9 Å². The highest BCUT2D eigenvalue weighted by molar-refractivity contribution is 7.88. The molecule has 12 heteroatoms. The number of sulfonamides is 1. The van der Waals surface area contributed by atoms with Gasteiger partial charge in [0.1, 0.15) is 11.5 Å². The molecule has 1 fully saturated rings. The zero-order chi connectivity index (χ0) is 25.1. The Balaban J connectivity index is 1.66. The van der Waals surface area contributed by atoms with E-state index in [9.17, 15) is 30.8 Å². The SMILES string of the molecule is CC(C(=O)NCc1ccc(C(F)(F)F)nc1OCC1CC1)c1ccc(CNS(C)(=O)=O)c(F)c1. The van der Waals surface area contributed by atoms with Crippen molar-refractivity contribution in [2.75, 3.05) is 12.9 Å². The Hall–Kier alpha value is -2.73. The lowest BCUT2D eigenvalue weighted by Gasteiger charge is -2.16. The van der Waals surface area contributed by atoms with Crippen molar-refractivity contribution in [3.8, 4) is 5.88 Å². The Morgan fingerprint density at radius 2 is 1.85 bits per heavy atom. The Bertz CT molecular complexity index is 1150. The van der Waals surface area contributed by atoms with E-state index in [4.69, 9.17) is 4.74 Å². The van der Waals surface area contributed by atoms with Gasteiger partial charge in [0.15, 0.2) is 0 Å². The molecule has 0 saturated heterocycles. The first-order valence-electron chi connectivity index (χ1n) is 10.5. The predicted octanol–water partition coefficient (Wildman–Crippen LogP) is 3.50. The lowest BCUT2D eigenvalue weighted by Crippen LogP contribution is -2.28. The number of pyridine rings is 1. The van der Waals surface area contributed by atoms with Crippen molar-refractivity contribution >= 4 is 15.9 Å². The average Bonchev–Trinajstić information content (AvgIpc) is 3.58. The second-order valence-corrected chi connectivity index (χ2v) is 10.1. The molecule has 34 heavy (non-hydrogen) atoms. The number of alkyl halides is 3. The molecular formula is C22H25F4N3O4S.